The average Bonchev–Trinajstić information content (AvgIpc) is 3.23. The first-order valence-electron chi connectivity index (χ1n) is 12.7. The summed E-state index contributed by atoms with van der Waals surface area (Å²) >= 11 is 6.15. The van der Waals surface area contributed by atoms with E-state index in [2.05, 4.69) is 0 Å². The maximum absolute atomic E-state index is 15.4. The van der Waals surface area contributed by atoms with E-state index in [4.69, 9.17) is 26.5 Å². The number of nitrogens with zero attached hydrogens (tertiary/aromatic N) is 2. The number of carboxylic acid groups (broad SMARTS) is 1. The van der Waals surface area contributed by atoms with E-state index in [1.807, 2.05) is 35.0 Å². The highest BCUT2D eigenvalue weighted by Gasteiger charge is 2.28. The Bertz CT molecular complexity index is 1370. The van der Waals surface area contributed by atoms with Crippen LogP contribution < -0.4 is 0 Å². The molecule has 1 aliphatic carbocycles. The van der Waals surface area contributed by atoms with Gasteiger partial charge in [0.15, 0.2) is 0 Å². The lowest BCUT2D eigenvalue weighted by atomic mass is 9.82. The molecule has 1 N–H and O–H groups in total. The van der Waals surface area contributed by atoms with Gasteiger partial charge in [0.05, 0.1) is 17.4 Å². The molecule has 0 atom stereocenters. The molecule has 0 bridgehead atoms. The number of hydrogen-bond donors (Lipinski definition) is 1. The van der Waals surface area contributed by atoms with E-state index in [0.29, 0.717) is 47.5 Å². The normalized spacial score (nSPS) is 18.0. The van der Waals surface area contributed by atoms with Crippen LogP contribution in [0.2, 0.25) is 5.02 Å². The second-order valence-corrected chi connectivity index (χ2v) is 12.7. The summed E-state index contributed by atoms with van der Waals surface area (Å²) in [6.45, 7) is 0.711. The van der Waals surface area contributed by atoms with Gasteiger partial charge in [-0.3, -0.25) is 4.68 Å². The van der Waals surface area contributed by atoms with Crippen molar-refractivity contribution in [3.05, 3.63) is 65.1 Å². The fourth-order valence-electron chi connectivity index (χ4n) is 5.10. The number of aromatic nitrogens is 2. The highest BCUT2D eigenvalue weighted by atomic mass is 35.5. The van der Waals surface area contributed by atoms with Crippen molar-refractivity contribution < 1.29 is 27.4 Å². The molecule has 204 valence electrons. The summed E-state index contributed by atoms with van der Waals surface area (Å²) in [5.41, 5.74) is 2.93. The molecule has 1 aromatic heterocycles. The first-order chi connectivity index (χ1) is 18.1. The molecule has 38 heavy (non-hydrogen) atoms. The van der Waals surface area contributed by atoms with Gasteiger partial charge >= 0.3 is 5.97 Å². The van der Waals surface area contributed by atoms with Crippen molar-refractivity contribution in [2.75, 3.05) is 25.2 Å². The first-order valence-corrected chi connectivity index (χ1v) is 15.1. The summed E-state index contributed by atoms with van der Waals surface area (Å²) in [6.07, 6.45) is 5.02. The summed E-state index contributed by atoms with van der Waals surface area (Å²) in [7, 11) is -3.28. The average molecular weight is 563 g/mol. The lowest BCUT2D eigenvalue weighted by molar-refractivity contribution is -0.142. The van der Waals surface area contributed by atoms with Gasteiger partial charge < -0.3 is 9.84 Å². The number of carboxylic acids is 1. The van der Waals surface area contributed by atoms with E-state index in [1.54, 1.807) is 12.1 Å². The van der Waals surface area contributed by atoms with Crippen molar-refractivity contribution in [3.8, 4) is 22.4 Å². The quantitative estimate of drug-likeness (QED) is 0.331. The number of carbonyl (C=O) groups is 1. The highest BCUT2D eigenvalue weighted by Crippen LogP contribution is 2.39. The molecule has 1 saturated carbocycles. The number of rotatable bonds is 11. The van der Waals surface area contributed by atoms with Crippen LogP contribution in [0.1, 0.15) is 31.4 Å². The van der Waals surface area contributed by atoms with Crippen molar-refractivity contribution in [1.29, 1.82) is 0 Å². The number of aliphatic carboxylic acids is 1. The summed E-state index contributed by atoms with van der Waals surface area (Å²) in [6, 6.07) is 14.3. The molecule has 0 saturated heterocycles. The fraction of sp³-hybridized carbons (Fsp3) is 0.429. The molecule has 7 nitrogen and oxygen atoms in total. The third-order valence-corrected chi connectivity index (χ3v) is 8.25. The van der Waals surface area contributed by atoms with Gasteiger partial charge in [-0.2, -0.15) is 5.10 Å². The largest absolute Gasteiger partial charge is 0.480 e. The number of benzene rings is 2. The molecule has 0 unspecified atom stereocenters. The molecule has 1 heterocycles. The molecule has 1 aliphatic rings. The van der Waals surface area contributed by atoms with Gasteiger partial charge in [0.1, 0.15) is 28.0 Å². The molecule has 0 aliphatic heterocycles. The Morgan fingerprint density at radius 1 is 1.11 bits per heavy atom. The predicted octanol–water partition coefficient (Wildman–Crippen LogP) is 5.50. The van der Waals surface area contributed by atoms with E-state index in [-0.39, 0.29) is 23.8 Å². The third kappa shape index (κ3) is 7.21. The Balaban J connectivity index is 1.69. The van der Waals surface area contributed by atoms with Crippen LogP contribution in [0, 0.1) is 17.7 Å². The maximum Gasteiger partial charge on any atom is 0.329 e. The zero-order valence-corrected chi connectivity index (χ0v) is 22.8. The maximum atomic E-state index is 15.4. The lowest BCUT2D eigenvalue weighted by Crippen LogP contribution is -2.24. The van der Waals surface area contributed by atoms with Crippen LogP contribution in [-0.2, 0) is 32.3 Å². The molecule has 10 heteroatoms. The van der Waals surface area contributed by atoms with E-state index >= 15 is 4.39 Å². The fourth-order valence-corrected chi connectivity index (χ4v) is 5.84. The van der Waals surface area contributed by atoms with Gasteiger partial charge in [-0.25, -0.2) is 17.6 Å². The molecule has 1 fully saturated rings. The Morgan fingerprint density at radius 2 is 1.79 bits per heavy atom. The smallest absolute Gasteiger partial charge is 0.329 e. The molecule has 0 amide bonds. The summed E-state index contributed by atoms with van der Waals surface area (Å²) < 4.78 is 46.8. The van der Waals surface area contributed by atoms with Crippen LogP contribution in [0.25, 0.3) is 22.4 Å². The first kappa shape index (κ1) is 28.3. The summed E-state index contributed by atoms with van der Waals surface area (Å²) in [5.74, 6) is -1.02. The molecule has 3 aromatic rings. The van der Waals surface area contributed by atoms with Crippen LogP contribution >= 0.6 is 11.6 Å². The molecule has 2 aromatic carbocycles. The molecular weight excluding hydrogens is 531 g/mol. The number of sulfone groups is 1. The summed E-state index contributed by atoms with van der Waals surface area (Å²) in [4.78, 5) is 10.7. The van der Waals surface area contributed by atoms with Crippen molar-refractivity contribution in [3.63, 3.8) is 0 Å². The van der Waals surface area contributed by atoms with Gasteiger partial charge in [-0.15, -0.1) is 0 Å². The number of halogens is 2. The highest BCUT2D eigenvalue weighted by molar-refractivity contribution is 7.90. The van der Waals surface area contributed by atoms with E-state index in [1.165, 1.54) is 12.3 Å². The Morgan fingerprint density at radius 3 is 2.45 bits per heavy atom. The Kier molecular flexibility index (Phi) is 9.23. The SMILES string of the molecule is CS(=O)(=O)CCc1c(-c2cccc(Cl)c2F)c(-c2ccccc2)nn1C[C@H]1CC[C@H](COCC(=O)O)CC1. The topological polar surface area (TPSA) is 98.5 Å². The minimum absolute atomic E-state index is 0.00763. The van der Waals surface area contributed by atoms with Crippen molar-refractivity contribution in [2.45, 2.75) is 38.6 Å². The van der Waals surface area contributed by atoms with E-state index < -0.39 is 21.6 Å². The Hall–Kier alpha value is -2.75. The zero-order chi connectivity index (χ0) is 27.3. The molecule has 0 radical (unpaired) electrons. The van der Waals surface area contributed by atoms with Crippen LogP contribution in [0.5, 0.6) is 0 Å². The standard InChI is InChI=1S/C28H32ClFN2O5S/c1-38(35,36)15-14-24-26(22-8-5-9-23(29)27(22)30)28(21-6-3-2-4-7-21)31-32(24)16-19-10-12-20(13-11-19)17-37-18-25(33)34/h2-9,19-20H,10-18H2,1H3,(H,33,34)/t19-,20-. The predicted molar refractivity (Wildman–Crippen MR) is 145 cm³/mol. The van der Waals surface area contributed by atoms with E-state index in [9.17, 15) is 13.2 Å². The molecular formula is C28H32ClFN2O5S. The van der Waals surface area contributed by atoms with Crippen LogP contribution in [0.4, 0.5) is 4.39 Å². The second-order valence-electron chi connectivity index (χ2n) is 10.00. The number of hydrogen-bond acceptors (Lipinski definition) is 5. The van der Waals surface area contributed by atoms with Crippen molar-refractivity contribution in [2.24, 2.45) is 11.8 Å². The van der Waals surface area contributed by atoms with Gasteiger partial charge in [-0.1, -0.05) is 54.1 Å². The molecule has 0 spiro atoms. The zero-order valence-electron chi connectivity index (χ0n) is 21.3. The lowest BCUT2D eigenvalue weighted by Gasteiger charge is -2.28. The van der Waals surface area contributed by atoms with Gasteiger partial charge in [0.2, 0.25) is 0 Å². The molecule has 4 rings (SSSR count). The summed E-state index contributed by atoms with van der Waals surface area (Å²) in [5, 5.41) is 13.7. The number of ether oxygens (including phenoxy) is 1. The van der Waals surface area contributed by atoms with Crippen LogP contribution in [-0.4, -0.2) is 54.5 Å². The van der Waals surface area contributed by atoms with Gasteiger partial charge in [0, 0.05) is 41.6 Å². The van der Waals surface area contributed by atoms with Crippen LogP contribution in [0.15, 0.2) is 48.5 Å². The second kappa shape index (κ2) is 12.4. The minimum Gasteiger partial charge on any atom is -0.480 e. The van der Waals surface area contributed by atoms with Crippen molar-refractivity contribution >= 4 is 27.4 Å². The van der Waals surface area contributed by atoms with Gasteiger partial charge in [-0.05, 0) is 43.6 Å². The van der Waals surface area contributed by atoms with Gasteiger partial charge in [0.25, 0.3) is 0 Å². The third-order valence-electron chi connectivity index (χ3n) is 7.01. The minimum atomic E-state index is -3.28. The van der Waals surface area contributed by atoms with Crippen LogP contribution in [0.3, 0.4) is 0 Å². The van der Waals surface area contributed by atoms with Crippen molar-refractivity contribution in [1.82, 2.24) is 9.78 Å². The Labute approximate surface area is 227 Å². The van der Waals surface area contributed by atoms with E-state index in [0.717, 1.165) is 31.2 Å². The monoisotopic (exact) mass is 562 g/mol.